The third-order valence-corrected chi connectivity index (χ3v) is 8.96. The first kappa shape index (κ1) is 43.0. The predicted molar refractivity (Wildman–Crippen MR) is 221 cm³/mol. The third kappa shape index (κ3) is 11.3. The van der Waals surface area contributed by atoms with Gasteiger partial charge in [0.1, 0.15) is 23.0 Å². The van der Waals surface area contributed by atoms with Gasteiger partial charge in [0.25, 0.3) is 0 Å². The zero-order valence-corrected chi connectivity index (χ0v) is 34.8. The van der Waals surface area contributed by atoms with Gasteiger partial charge in [-0.05, 0) is 69.0 Å². The maximum Gasteiger partial charge on any atom is 2.00 e. The van der Waals surface area contributed by atoms with Crippen molar-refractivity contribution in [2.24, 2.45) is 0 Å². The molecule has 2 N–H and O–H groups in total. The van der Waals surface area contributed by atoms with Gasteiger partial charge in [-0.3, -0.25) is 0 Å². The van der Waals surface area contributed by atoms with Gasteiger partial charge >= 0.3 is 16.5 Å². The summed E-state index contributed by atoms with van der Waals surface area (Å²) in [6, 6.07) is 33.5. The van der Waals surface area contributed by atoms with Crippen molar-refractivity contribution in [3.05, 3.63) is 142 Å². The molecule has 53 heavy (non-hydrogen) atoms. The molecule has 0 saturated carbocycles. The number of para-hydroxylation sites is 4. The largest absolute Gasteiger partial charge is 2.00 e. The Morgan fingerprint density at radius 3 is 1.28 bits per heavy atom. The summed E-state index contributed by atoms with van der Waals surface area (Å²) in [7, 11) is 0. The Kier molecular flexibility index (Phi) is 13.6. The van der Waals surface area contributed by atoms with Crippen molar-refractivity contribution in [1.82, 2.24) is 0 Å². The second-order valence-electron chi connectivity index (χ2n) is 17.7. The predicted octanol–water partition coefficient (Wildman–Crippen LogP) is 14.7. The summed E-state index contributed by atoms with van der Waals surface area (Å²) in [4.78, 5) is 0. The van der Waals surface area contributed by atoms with Gasteiger partial charge in [-0.1, -0.05) is 191 Å². The van der Waals surface area contributed by atoms with Crippen LogP contribution in [0, 0.1) is 6.92 Å². The number of rotatable bonds is 6. The van der Waals surface area contributed by atoms with Crippen LogP contribution in [0.3, 0.4) is 0 Å². The Morgan fingerprint density at radius 2 is 0.849 bits per heavy atom. The molecule has 5 aromatic rings. The third-order valence-electron chi connectivity index (χ3n) is 8.96. The van der Waals surface area contributed by atoms with Crippen molar-refractivity contribution in [3.8, 4) is 23.0 Å². The van der Waals surface area contributed by atoms with Crippen LogP contribution < -0.4 is 4.74 Å². The maximum absolute atomic E-state index is 11.0. The van der Waals surface area contributed by atoms with Crippen LogP contribution in [0.1, 0.15) is 111 Å². The van der Waals surface area contributed by atoms with E-state index in [2.05, 4.69) is 95.2 Å². The molecule has 0 heterocycles. The van der Waals surface area contributed by atoms with E-state index in [-0.39, 0.29) is 49.7 Å². The van der Waals surface area contributed by atoms with Crippen molar-refractivity contribution in [2.75, 3.05) is 0 Å². The van der Waals surface area contributed by atoms with Crippen LogP contribution in [-0.4, -0.2) is 10.2 Å². The van der Waals surface area contributed by atoms with Gasteiger partial charge in [-0.2, -0.15) is 0 Å². The molecule has 0 spiro atoms. The molecule has 0 aliphatic rings. The van der Waals surface area contributed by atoms with Crippen molar-refractivity contribution in [2.45, 2.75) is 112 Å². The minimum atomic E-state index is -0.199. The fraction of sp³-hybridized carbons (Fsp3) is 0.362. The quantitative estimate of drug-likeness (QED) is 0.169. The van der Waals surface area contributed by atoms with Crippen molar-refractivity contribution >= 4 is 22.7 Å². The van der Waals surface area contributed by atoms with Crippen LogP contribution in [0.15, 0.2) is 103 Å². The van der Waals surface area contributed by atoms with Gasteiger partial charge in [0.15, 0.2) is 0 Å². The van der Waals surface area contributed by atoms with E-state index in [4.69, 9.17) is 15.4 Å². The molecule has 5 aromatic carbocycles. The van der Waals surface area contributed by atoms with E-state index in [0.717, 1.165) is 33.7 Å². The number of phenolic OH excluding ortho intramolecular Hbond substituents is 2. The summed E-state index contributed by atoms with van der Waals surface area (Å²) in [6.45, 7) is 27.8. The Labute approximate surface area is 329 Å². The number of aromatic hydroxyl groups is 2. The van der Waals surface area contributed by atoms with E-state index in [1.807, 2.05) is 97.9 Å². The average molecular weight is 758 g/mol. The molecule has 0 bridgehead atoms. The van der Waals surface area contributed by atoms with E-state index in [1.165, 1.54) is 5.56 Å². The first-order valence-electron chi connectivity index (χ1n) is 18.1. The van der Waals surface area contributed by atoms with Gasteiger partial charge in [0, 0.05) is 0 Å². The van der Waals surface area contributed by atoms with E-state index in [1.54, 1.807) is 0 Å². The van der Waals surface area contributed by atoms with Crippen LogP contribution in [0.4, 0.5) is 22.7 Å². The molecule has 0 atom stereocenters. The standard InChI is InChI=1S/C26H30NO2.C21H28NO.Ni/c1-25(2,3)18-16-20(26(4,5)6)24(28)22(17-18)27-21-14-10-11-15-23(21)29-19-12-8-7-9-13-19;1-14-10-8-9-11-17(14)22-18-13-15(20(2,3)4)12-16(19(18)23)21(5,6)7;/h7-17,28H,1-6H3;8-13,23H,1-7H3;/q2*-1;+2. The Morgan fingerprint density at radius 1 is 0.453 bits per heavy atom. The molecule has 5 rings (SSSR count). The molecular formula is C47H58N2NiO3. The number of hydrogen-bond donors (Lipinski definition) is 2. The topological polar surface area (TPSA) is 77.9 Å². The zero-order valence-electron chi connectivity index (χ0n) is 33.8. The SMILES string of the molecule is CC(C)(C)c1cc([N-]c2ccccc2Oc2ccccc2)c(O)c(C(C)(C)C)c1.Cc1ccccc1[N-]c1cc(C(C)(C)C)cc(C(C)(C)C)c1O.[Ni+2]. The molecule has 0 amide bonds. The van der Waals surface area contributed by atoms with Crippen LogP contribution >= 0.6 is 0 Å². The summed E-state index contributed by atoms with van der Waals surface area (Å²) in [5, 5.41) is 31.3. The fourth-order valence-corrected chi connectivity index (χ4v) is 5.62. The molecular weight excluding hydrogens is 699 g/mol. The Balaban J connectivity index is 0.000000288. The molecule has 0 aromatic heterocycles. The van der Waals surface area contributed by atoms with E-state index >= 15 is 0 Å². The second kappa shape index (κ2) is 16.7. The maximum atomic E-state index is 11.0. The number of aryl methyl sites for hydroxylation is 1. The summed E-state index contributed by atoms with van der Waals surface area (Å²) in [5.74, 6) is 1.91. The molecule has 0 fully saturated rings. The first-order chi connectivity index (χ1) is 24.1. The molecule has 0 aliphatic carbocycles. The van der Waals surface area contributed by atoms with Crippen molar-refractivity contribution < 1.29 is 31.4 Å². The van der Waals surface area contributed by atoms with Gasteiger partial charge in [-0.15, -0.1) is 5.69 Å². The molecule has 6 heteroatoms. The average Bonchev–Trinajstić information content (AvgIpc) is 3.03. The van der Waals surface area contributed by atoms with E-state index in [0.29, 0.717) is 22.8 Å². The molecule has 284 valence electrons. The number of ether oxygens (including phenoxy) is 1. The van der Waals surface area contributed by atoms with E-state index < -0.39 is 0 Å². The van der Waals surface area contributed by atoms with Crippen molar-refractivity contribution in [1.29, 1.82) is 0 Å². The first-order valence-corrected chi connectivity index (χ1v) is 18.1. The smallest absolute Gasteiger partial charge is 0.655 e. The summed E-state index contributed by atoms with van der Waals surface area (Å²) < 4.78 is 6.04. The molecule has 5 nitrogen and oxygen atoms in total. The summed E-state index contributed by atoms with van der Waals surface area (Å²) in [6.07, 6.45) is 0. The van der Waals surface area contributed by atoms with E-state index in [9.17, 15) is 10.2 Å². The number of nitrogens with zero attached hydrogens (tertiary/aromatic N) is 2. The Hall–Kier alpha value is -4.41. The second-order valence-corrected chi connectivity index (χ2v) is 17.7. The monoisotopic (exact) mass is 756 g/mol. The molecule has 0 unspecified atom stereocenters. The minimum absolute atomic E-state index is 0. The minimum Gasteiger partial charge on any atom is -0.655 e. The van der Waals surface area contributed by atoms with Crippen LogP contribution in [0.2, 0.25) is 0 Å². The van der Waals surface area contributed by atoms with Gasteiger partial charge in [0.2, 0.25) is 0 Å². The molecule has 0 radical (unpaired) electrons. The fourth-order valence-electron chi connectivity index (χ4n) is 5.62. The van der Waals surface area contributed by atoms with Gasteiger partial charge < -0.3 is 25.6 Å². The molecule has 0 aliphatic heterocycles. The summed E-state index contributed by atoms with van der Waals surface area (Å²) >= 11 is 0. The van der Waals surface area contributed by atoms with Crippen LogP contribution in [-0.2, 0) is 38.2 Å². The van der Waals surface area contributed by atoms with Crippen molar-refractivity contribution in [3.63, 3.8) is 0 Å². The molecule has 0 saturated heterocycles. The van der Waals surface area contributed by atoms with Crippen LogP contribution in [0.5, 0.6) is 23.0 Å². The number of benzene rings is 5. The van der Waals surface area contributed by atoms with Gasteiger partial charge in [0.05, 0.1) is 0 Å². The zero-order chi connectivity index (χ0) is 38.6. The van der Waals surface area contributed by atoms with Crippen LogP contribution in [0.25, 0.3) is 10.6 Å². The number of phenols is 2. The normalized spacial score (nSPS) is 11.9. The Bertz CT molecular complexity index is 1980. The van der Waals surface area contributed by atoms with Gasteiger partial charge in [-0.25, -0.2) is 0 Å². The number of hydrogen-bond acceptors (Lipinski definition) is 3. The summed E-state index contributed by atoms with van der Waals surface area (Å²) in [5.41, 5.74) is 7.66.